The molecule has 2 aromatic rings. The fourth-order valence-corrected chi connectivity index (χ4v) is 3.69. The summed E-state index contributed by atoms with van der Waals surface area (Å²) in [7, 11) is 0. The molecule has 4 heteroatoms. The van der Waals surface area contributed by atoms with Crippen molar-refractivity contribution in [1.29, 1.82) is 0 Å². The van der Waals surface area contributed by atoms with Crippen LogP contribution in [0.2, 0.25) is 0 Å². The molecule has 134 valence electrons. The molecule has 1 aliphatic rings. The summed E-state index contributed by atoms with van der Waals surface area (Å²) in [5.41, 5.74) is 0.584. The van der Waals surface area contributed by atoms with E-state index >= 15 is 0 Å². The van der Waals surface area contributed by atoms with Crippen LogP contribution in [0.4, 0.5) is 8.78 Å². The smallest absolute Gasteiger partial charge is 0.116 e. The highest BCUT2D eigenvalue weighted by molar-refractivity contribution is 5.35. The summed E-state index contributed by atoms with van der Waals surface area (Å²) in [6.45, 7) is 1.16. The molecule has 1 N–H and O–H groups in total. The predicted octanol–water partition coefficient (Wildman–Crippen LogP) is 4.08. The van der Waals surface area contributed by atoms with Crippen molar-refractivity contribution in [3.63, 3.8) is 0 Å². The van der Waals surface area contributed by atoms with Gasteiger partial charge in [0.15, 0.2) is 0 Å². The second-order valence-electron chi connectivity index (χ2n) is 6.89. The SMILES string of the molecule is OC(CCCN1C[C@H](F)C[C@H](F)C1)(c1ccccc1)c1ccccc1. The van der Waals surface area contributed by atoms with Gasteiger partial charge in [0.2, 0.25) is 0 Å². The van der Waals surface area contributed by atoms with Crippen molar-refractivity contribution in [2.75, 3.05) is 19.6 Å². The standard InChI is InChI=1S/C21H25F2NO/c22-19-14-20(23)16-24(15-19)13-7-12-21(25,17-8-3-1-4-9-17)18-10-5-2-6-11-18/h1-6,8-11,19-20,25H,7,12-16H2/t19-,20+. The monoisotopic (exact) mass is 345 g/mol. The van der Waals surface area contributed by atoms with E-state index in [1.165, 1.54) is 0 Å². The van der Waals surface area contributed by atoms with Crippen LogP contribution < -0.4 is 0 Å². The number of hydrogen-bond donors (Lipinski definition) is 1. The van der Waals surface area contributed by atoms with Gasteiger partial charge in [-0.1, -0.05) is 60.7 Å². The lowest BCUT2D eigenvalue weighted by Gasteiger charge is -2.33. The molecule has 0 aliphatic carbocycles. The topological polar surface area (TPSA) is 23.5 Å². The van der Waals surface area contributed by atoms with Gasteiger partial charge in [-0.2, -0.15) is 0 Å². The highest BCUT2D eigenvalue weighted by atomic mass is 19.1. The number of halogens is 2. The van der Waals surface area contributed by atoms with Crippen molar-refractivity contribution in [3.05, 3.63) is 71.8 Å². The Kier molecular flexibility index (Phi) is 5.82. The molecule has 0 bridgehead atoms. The summed E-state index contributed by atoms with van der Waals surface area (Å²) in [4.78, 5) is 1.83. The highest BCUT2D eigenvalue weighted by Crippen LogP contribution is 2.34. The Balaban J connectivity index is 1.71. The Hall–Kier alpha value is -1.78. The van der Waals surface area contributed by atoms with Crippen LogP contribution in [0.1, 0.15) is 30.4 Å². The second-order valence-corrected chi connectivity index (χ2v) is 6.89. The molecule has 1 aliphatic heterocycles. The minimum Gasteiger partial charge on any atom is -0.380 e. The molecule has 0 amide bonds. The maximum absolute atomic E-state index is 13.5. The number of hydrogen-bond acceptors (Lipinski definition) is 2. The van der Waals surface area contributed by atoms with E-state index in [4.69, 9.17) is 0 Å². The molecule has 25 heavy (non-hydrogen) atoms. The maximum atomic E-state index is 13.5. The molecular weight excluding hydrogens is 320 g/mol. The van der Waals surface area contributed by atoms with Gasteiger partial charge in [-0.3, -0.25) is 4.90 Å². The summed E-state index contributed by atoms with van der Waals surface area (Å²) >= 11 is 0. The van der Waals surface area contributed by atoms with Crippen molar-refractivity contribution in [3.8, 4) is 0 Å². The van der Waals surface area contributed by atoms with E-state index in [-0.39, 0.29) is 19.5 Å². The molecule has 3 rings (SSSR count). The number of aliphatic hydroxyl groups is 1. The Morgan fingerprint density at radius 1 is 0.880 bits per heavy atom. The van der Waals surface area contributed by atoms with Gasteiger partial charge in [0.25, 0.3) is 0 Å². The Labute approximate surface area is 148 Å². The van der Waals surface area contributed by atoms with Crippen LogP contribution in [0.15, 0.2) is 60.7 Å². The molecule has 0 saturated carbocycles. The molecule has 2 aromatic carbocycles. The average Bonchev–Trinajstić information content (AvgIpc) is 2.62. The average molecular weight is 345 g/mol. The van der Waals surface area contributed by atoms with Crippen LogP contribution in [0.5, 0.6) is 0 Å². The zero-order valence-corrected chi connectivity index (χ0v) is 14.3. The number of benzene rings is 2. The zero-order valence-electron chi connectivity index (χ0n) is 14.3. The molecule has 1 saturated heterocycles. The first kappa shape index (κ1) is 18.0. The Morgan fingerprint density at radius 2 is 1.36 bits per heavy atom. The number of alkyl halides is 2. The number of piperidine rings is 1. The van der Waals surface area contributed by atoms with E-state index in [2.05, 4.69) is 0 Å². The molecule has 1 heterocycles. The van der Waals surface area contributed by atoms with Gasteiger partial charge in [-0.15, -0.1) is 0 Å². The summed E-state index contributed by atoms with van der Waals surface area (Å²) in [6.07, 6.45) is -1.00. The van der Waals surface area contributed by atoms with E-state index in [0.29, 0.717) is 19.4 Å². The lowest BCUT2D eigenvalue weighted by atomic mass is 9.82. The van der Waals surface area contributed by atoms with Gasteiger partial charge in [-0.05, 0) is 30.5 Å². The third-order valence-corrected chi connectivity index (χ3v) is 4.94. The molecule has 0 spiro atoms. The zero-order chi connectivity index (χ0) is 17.7. The minimum absolute atomic E-state index is 0.00840. The highest BCUT2D eigenvalue weighted by Gasteiger charge is 2.32. The van der Waals surface area contributed by atoms with Crippen LogP contribution in [-0.2, 0) is 5.60 Å². The Bertz CT molecular complexity index is 600. The van der Waals surface area contributed by atoms with Gasteiger partial charge < -0.3 is 5.11 Å². The van der Waals surface area contributed by atoms with Gasteiger partial charge in [0, 0.05) is 19.5 Å². The molecule has 2 nitrogen and oxygen atoms in total. The summed E-state index contributed by atoms with van der Waals surface area (Å²) in [5, 5.41) is 11.4. The maximum Gasteiger partial charge on any atom is 0.116 e. The molecule has 2 atom stereocenters. The van der Waals surface area contributed by atoms with Crippen LogP contribution in [0.3, 0.4) is 0 Å². The number of nitrogens with zero attached hydrogens (tertiary/aromatic N) is 1. The van der Waals surface area contributed by atoms with Crippen molar-refractivity contribution < 1.29 is 13.9 Å². The fourth-order valence-electron chi connectivity index (χ4n) is 3.69. The normalized spacial score (nSPS) is 22.0. The molecule has 0 unspecified atom stereocenters. The van der Waals surface area contributed by atoms with Crippen molar-refractivity contribution >= 4 is 0 Å². The molecule has 1 fully saturated rings. The molecule has 0 radical (unpaired) electrons. The third-order valence-electron chi connectivity index (χ3n) is 4.94. The molecule has 0 aromatic heterocycles. The van der Waals surface area contributed by atoms with Crippen molar-refractivity contribution in [2.24, 2.45) is 0 Å². The quantitative estimate of drug-likeness (QED) is 0.853. The van der Waals surface area contributed by atoms with Crippen LogP contribution in [-0.4, -0.2) is 42.0 Å². The summed E-state index contributed by atoms with van der Waals surface area (Å²) in [5.74, 6) is 0. The second kappa shape index (κ2) is 8.07. The predicted molar refractivity (Wildman–Crippen MR) is 96.0 cm³/mol. The van der Waals surface area contributed by atoms with E-state index < -0.39 is 17.9 Å². The van der Waals surface area contributed by atoms with Crippen LogP contribution in [0, 0.1) is 0 Å². The first-order valence-corrected chi connectivity index (χ1v) is 8.92. The van der Waals surface area contributed by atoms with Gasteiger partial charge in [0.1, 0.15) is 17.9 Å². The van der Waals surface area contributed by atoms with Gasteiger partial charge >= 0.3 is 0 Å². The third kappa shape index (κ3) is 4.44. The largest absolute Gasteiger partial charge is 0.380 e. The number of rotatable bonds is 6. The van der Waals surface area contributed by atoms with E-state index in [0.717, 1.165) is 11.1 Å². The van der Waals surface area contributed by atoms with Crippen molar-refractivity contribution in [1.82, 2.24) is 4.90 Å². The summed E-state index contributed by atoms with van der Waals surface area (Å²) in [6, 6.07) is 19.2. The first-order valence-electron chi connectivity index (χ1n) is 8.92. The van der Waals surface area contributed by atoms with E-state index in [1.54, 1.807) is 0 Å². The van der Waals surface area contributed by atoms with Crippen LogP contribution in [0.25, 0.3) is 0 Å². The first-order chi connectivity index (χ1) is 12.1. The van der Waals surface area contributed by atoms with E-state index in [9.17, 15) is 13.9 Å². The lowest BCUT2D eigenvalue weighted by Crippen LogP contribution is -2.43. The van der Waals surface area contributed by atoms with Gasteiger partial charge in [0.05, 0.1) is 0 Å². The lowest BCUT2D eigenvalue weighted by molar-refractivity contribution is 0.0491. The van der Waals surface area contributed by atoms with Crippen molar-refractivity contribution in [2.45, 2.75) is 37.2 Å². The minimum atomic E-state index is -1.09. The van der Waals surface area contributed by atoms with Gasteiger partial charge in [-0.25, -0.2) is 8.78 Å². The van der Waals surface area contributed by atoms with E-state index in [1.807, 2.05) is 65.6 Å². The summed E-state index contributed by atoms with van der Waals surface area (Å²) < 4.78 is 27.1. The fraction of sp³-hybridized carbons (Fsp3) is 0.429. The molecular formula is C21H25F2NO. The van der Waals surface area contributed by atoms with Crippen LogP contribution >= 0.6 is 0 Å². The number of likely N-dealkylation sites (tertiary alicyclic amines) is 1. The Morgan fingerprint density at radius 3 is 1.84 bits per heavy atom.